The van der Waals surface area contributed by atoms with Gasteiger partial charge in [-0.3, -0.25) is 9.97 Å². The van der Waals surface area contributed by atoms with Crippen LogP contribution < -0.4 is 0 Å². The molecule has 0 radical (unpaired) electrons. The van der Waals surface area contributed by atoms with Crippen molar-refractivity contribution in [3.05, 3.63) is 207 Å². The molecule has 2 heteroatoms. The monoisotopic (exact) mass is 734 g/mol. The Balaban J connectivity index is 0.935. The molecule has 12 aromatic rings. The van der Waals surface area contributed by atoms with Crippen LogP contribution >= 0.6 is 0 Å². The SMILES string of the molecule is c1cc(-c2ccc3ccccc3c2)cc(-c2ccc3ccc4cc(-c5ccc6cc(-c7cnc8c(ccc9cccnc98)c7)ccc6c5)c5ccccc5c4c3c2)c1. The number of nitrogens with zero attached hydrogens (tertiary/aromatic N) is 2. The number of pyridine rings is 2. The van der Waals surface area contributed by atoms with Gasteiger partial charge in [-0.15, -0.1) is 0 Å². The molecule has 0 aliphatic carbocycles. The molecule has 10 aromatic carbocycles. The summed E-state index contributed by atoms with van der Waals surface area (Å²) in [5, 5.41) is 14.7. The highest BCUT2D eigenvalue weighted by molar-refractivity contribution is 6.24. The number of rotatable bonds is 4. The van der Waals surface area contributed by atoms with Gasteiger partial charge in [0, 0.05) is 28.7 Å². The molecular formula is C56H34N2. The molecule has 0 saturated carbocycles. The van der Waals surface area contributed by atoms with Crippen molar-refractivity contribution in [2.75, 3.05) is 0 Å². The molecule has 0 aliphatic heterocycles. The second kappa shape index (κ2) is 12.9. The lowest BCUT2D eigenvalue weighted by atomic mass is 9.89. The summed E-state index contributed by atoms with van der Waals surface area (Å²) in [6, 6.07) is 71.2. The summed E-state index contributed by atoms with van der Waals surface area (Å²) in [5.74, 6) is 0. The summed E-state index contributed by atoms with van der Waals surface area (Å²) in [6.07, 6.45) is 3.81. The van der Waals surface area contributed by atoms with Gasteiger partial charge in [-0.2, -0.15) is 0 Å². The maximum Gasteiger partial charge on any atom is 0.0964 e. The molecule has 0 bridgehead atoms. The maximum absolute atomic E-state index is 4.87. The Labute approximate surface area is 335 Å². The van der Waals surface area contributed by atoms with Crippen molar-refractivity contribution in [2.24, 2.45) is 0 Å². The van der Waals surface area contributed by atoms with Crippen molar-refractivity contribution < 1.29 is 0 Å². The summed E-state index contributed by atoms with van der Waals surface area (Å²) in [4.78, 5) is 9.48. The van der Waals surface area contributed by atoms with Crippen LogP contribution in [0.1, 0.15) is 0 Å². The molecule has 0 N–H and O–H groups in total. The second-order valence-corrected chi connectivity index (χ2v) is 15.4. The van der Waals surface area contributed by atoms with E-state index in [4.69, 9.17) is 4.98 Å². The summed E-state index contributed by atoms with van der Waals surface area (Å²) in [6.45, 7) is 0. The summed E-state index contributed by atoms with van der Waals surface area (Å²) >= 11 is 0. The van der Waals surface area contributed by atoms with Crippen LogP contribution in [0.25, 0.3) is 120 Å². The van der Waals surface area contributed by atoms with E-state index in [-0.39, 0.29) is 0 Å². The van der Waals surface area contributed by atoms with Crippen LogP contribution in [0.5, 0.6) is 0 Å². The Morgan fingerprint density at radius 3 is 1.64 bits per heavy atom. The van der Waals surface area contributed by atoms with E-state index in [9.17, 15) is 0 Å². The highest BCUT2D eigenvalue weighted by atomic mass is 14.7. The average Bonchev–Trinajstić information content (AvgIpc) is 3.30. The van der Waals surface area contributed by atoms with E-state index in [2.05, 4.69) is 193 Å². The van der Waals surface area contributed by atoms with Crippen LogP contribution in [-0.2, 0) is 0 Å². The molecule has 58 heavy (non-hydrogen) atoms. The summed E-state index contributed by atoms with van der Waals surface area (Å²) in [5.41, 5.74) is 11.5. The van der Waals surface area contributed by atoms with Crippen molar-refractivity contribution in [1.82, 2.24) is 9.97 Å². The van der Waals surface area contributed by atoms with Crippen LogP contribution in [0.4, 0.5) is 0 Å². The van der Waals surface area contributed by atoms with E-state index in [1.165, 1.54) is 87.2 Å². The van der Waals surface area contributed by atoms with Crippen LogP contribution in [0.3, 0.4) is 0 Å². The third-order valence-electron chi connectivity index (χ3n) is 12.0. The number of benzene rings is 10. The normalized spacial score (nSPS) is 11.8. The zero-order chi connectivity index (χ0) is 38.2. The van der Waals surface area contributed by atoms with Gasteiger partial charge in [-0.1, -0.05) is 146 Å². The standard InChI is InChI=1S/C56H34N2/c1-2-8-38-27-41(18-14-35(38)7-1)39-9-5-10-40(28-39)45-19-15-36-16-24-47-33-52(50-12-3-4-13-51(50)54(47)53(36)32-45)46-23-22-42-29-44(21-20-43(42)30-46)49-31-48-25-17-37-11-6-26-57-55(37)56(48)58-34-49/h1-34H. The summed E-state index contributed by atoms with van der Waals surface area (Å²) < 4.78 is 0. The third-order valence-corrected chi connectivity index (χ3v) is 12.0. The number of hydrogen-bond donors (Lipinski definition) is 0. The van der Waals surface area contributed by atoms with Gasteiger partial charge in [0.1, 0.15) is 0 Å². The van der Waals surface area contributed by atoms with Crippen molar-refractivity contribution in [3.63, 3.8) is 0 Å². The molecule has 2 nitrogen and oxygen atoms in total. The molecule has 2 aromatic heterocycles. The van der Waals surface area contributed by atoms with Crippen molar-refractivity contribution in [2.45, 2.75) is 0 Å². The van der Waals surface area contributed by atoms with E-state index in [0.29, 0.717) is 0 Å². The predicted molar refractivity (Wildman–Crippen MR) is 246 cm³/mol. The van der Waals surface area contributed by atoms with Gasteiger partial charge in [-0.05, 0) is 141 Å². The topological polar surface area (TPSA) is 25.8 Å². The molecule has 268 valence electrons. The molecule has 0 saturated heterocycles. The molecule has 0 fully saturated rings. The quantitative estimate of drug-likeness (QED) is 0.168. The predicted octanol–water partition coefficient (Wildman–Crippen LogP) is 15.2. The van der Waals surface area contributed by atoms with E-state index in [0.717, 1.165) is 32.9 Å². The Bertz CT molecular complexity index is 3640. The van der Waals surface area contributed by atoms with Crippen molar-refractivity contribution in [3.8, 4) is 44.5 Å². The Morgan fingerprint density at radius 1 is 0.259 bits per heavy atom. The molecule has 0 unspecified atom stereocenters. The van der Waals surface area contributed by atoms with Gasteiger partial charge < -0.3 is 0 Å². The van der Waals surface area contributed by atoms with Gasteiger partial charge in [0.15, 0.2) is 0 Å². The fourth-order valence-corrected chi connectivity index (χ4v) is 9.08. The van der Waals surface area contributed by atoms with E-state index < -0.39 is 0 Å². The fraction of sp³-hybridized carbons (Fsp3) is 0. The maximum atomic E-state index is 4.87. The molecule has 2 heterocycles. The van der Waals surface area contributed by atoms with Crippen molar-refractivity contribution in [1.29, 1.82) is 0 Å². The van der Waals surface area contributed by atoms with Crippen LogP contribution in [0, 0.1) is 0 Å². The smallest absolute Gasteiger partial charge is 0.0964 e. The zero-order valence-electron chi connectivity index (χ0n) is 31.5. The van der Waals surface area contributed by atoms with E-state index >= 15 is 0 Å². The highest BCUT2D eigenvalue weighted by Gasteiger charge is 2.14. The largest absolute Gasteiger partial charge is 0.254 e. The van der Waals surface area contributed by atoms with E-state index in [1.807, 2.05) is 18.5 Å². The van der Waals surface area contributed by atoms with Crippen LogP contribution in [0.15, 0.2) is 207 Å². The lowest BCUT2D eigenvalue weighted by molar-refractivity contribution is 1.37. The minimum absolute atomic E-state index is 0.936. The molecule has 0 aliphatic rings. The third kappa shape index (κ3) is 5.34. The number of hydrogen-bond acceptors (Lipinski definition) is 2. The number of fused-ring (bicyclic) bond motifs is 10. The van der Waals surface area contributed by atoms with Gasteiger partial charge >= 0.3 is 0 Å². The first kappa shape index (κ1) is 32.6. The highest BCUT2D eigenvalue weighted by Crippen LogP contribution is 2.41. The van der Waals surface area contributed by atoms with Gasteiger partial charge in [0.25, 0.3) is 0 Å². The van der Waals surface area contributed by atoms with Crippen molar-refractivity contribution >= 4 is 75.7 Å². The van der Waals surface area contributed by atoms with Gasteiger partial charge in [0.2, 0.25) is 0 Å². The summed E-state index contributed by atoms with van der Waals surface area (Å²) in [7, 11) is 0. The molecule has 12 rings (SSSR count). The minimum Gasteiger partial charge on any atom is -0.254 e. The van der Waals surface area contributed by atoms with Crippen LogP contribution in [-0.4, -0.2) is 9.97 Å². The average molecular weight is 735 g/mol. The van der Waals surface area contributed by atoms with Crippen LogP contribution in [0.2, 0.25) is 0 Å². The molecular weight excluding hydrogens is 701 g/mol. The second-order valence-electron chi connectivity index (χ2n) is 15.4. The molecule has 0 atom stereocenters. The van der Waals surface area contributed by atoms with Gasteiger partial charge in [-0.25, -0.2) is 0 Å². The first-order chi connectivity index (χ1) is 28.7. The Morgan fingerprint density at radius 2 is 0.793 bits per heavy atom. The zero-order valence-corrected chi connectivity index (χ0v) is 31.5. The lowest BCUT2D eigenvalue weighted by Crippen LogP contribution is -1.88. The minimum atomic E-state index is 0.936. The first-order valence-electron chi connectivity index (χ1n) is 19.9. The molecule has 0 amide bonds. The Hall–Kier alpha value is -7.68. The molecule has 0 spiro atoms. The Kier molecular flexibility index (Phi) is 7.26. The van der Waals surface area contributed by atoms with Gasteiger partial charge in [0.05, 0.1) is 11.0 Å². The fourth-order valence-electron chi connectivity index (χ4n) is 9.08. The lowest BCUT2D eigenvalue weighted by Gasteiger charge is -2.15. The van der Waals surface area contributed by atoms with E-state index in [1.54, 1.807) is 0 Å². The number of aromatic nitrogens is 2. The first-order valence-corrected chi connectivity index (χ1v) is 19.9.